The summed E-state index contributed by atoms with van der Waals surface area (Å²) in [6, 6.07) is 8.34. The van der Waals surface area contributed by atoms with E-state index in [1.165, 1.54) is 12.1 Å². The smallest absolute Gasteiger partial charge is 0.340 e. The van der Waals surface area contributed by atoms with Crippen LogP contribution in [-0.2, 0) is 19.6 Å². The highest BCUT2D eigenvalue weighted by Crippen LogP contribution is 2.37. The van der Waals surface area contributed by atoms with Gasteiger partial charge in [0.15, 0.2) is 6.61 Å². The summed E-state index contributed by atoms with van der Waals surface area (Å²) in [5, 5.41) is 12.4. The van der Waals surface area contributed by atoms with Gasteiger partial charge in [0.25, 0.3) is 5.91 Å². The molecule has 170 valence electrons. The van der Waals surface area contributed by atoms with E-state index in [-0.39, 0.29) is 17.3 Å². The van der Waals surface area contributed by atoms with Gasteiger partial charge in [-0.05, 0) is 44.4 Å². The number of sulfonamides is 1. The molecule has 2 aromatic rings. The molecule has 0 spiro atoms. The average molecular weight is 459 g/mol. The van der Waals surface area contributed by atoms with Crippen LogP contribution in [0.4, 0.5) is 11.5 Å². The number of rotatable bonds is 7. The van der Waals surface area contributed by atoms with Crippen molar-refractivity contribution < 1.29 is 22.7 Å². The van der Waals surface area contributed by atoms with Crippen molar-refractivity contribution in [2.75, 3.05) is 22.9 Å². The van der Waals surface area contributed by atoms with E-state index < -0.39 is 28.5 Å². The van der Waals surface area contributed by atoms with Crippen molar-refractivity contribution >= 4 is 33.4 Å². The Morgan fingerprint density at radius 3 is 2.50 bits per heavy atom. The molecule has 32 heavy (non-hydrogen) atoms. The normalized spacial score (nSPS) is 14.1. The fraction of sp³-hybridized carbons (Fsp3) is 0.409. The Bertz CT molecular complexity index is 1190. The molecular weight excluding hydrogens is 432 g/mol. The van der Waals surface area contributed by atoms with Crippen LogP contribution in [0.3, 0.4) is 0 Å². The first kappa shape index (κ1) is 23.3. The molecule has 0 aliphatic heterocycles. The highest BCUT2D eigenvalue weighted by Gasteiger charge is 2.27. The lowest BCUT2D eigenvalue weighted by molar-refractivity contribution is -0.119. The summed E-state index contributed by atoms with van der Waals surface area (Å²) in [7, 11) is -3.60. The van der Waals surface area contributed by atoms with E-state index in [9.17, 15) is 23.3 Å². The second kappa shape index (κ2) is 9.44. The topological polar surface area (TPSA) is 130 Å². The van der Waals surface area contributed by atoms with E-state index in [4.69, 9.17) is 4.74 Å². The van der Waals surface area contributed by atoms with Crippen molar-refractivity contribution in [3.05, 3.63) is 46.6 Å². The number of nitrogens with one attached hydrogen (secondary N) is 2. The first-order valence-electron chi connectivity index (χ1n) is 10.3. The summed E-state index contributed by atoms with van der Waals surface area (Å²) >= 11 is 0. The average Bonchev–Trinajstić information content (AvgIpc) is 3.32. The number of ether oxygens (including phenoxy) is 1. The Labute approximate surface area is 187 Å². The molecule has 0 unspecified atom stereocenters. The van der Waals surface area contributed by atoms with E-state index in [0.717, 1.165) is 43.2 Å². The van der Waals surface area contributed by atoms with Gasteiger partial charge < -0.3 is 14.6 Å². The third-order valence-electron chi connectivity index (χ3n) is 5.59. The summed E-state index contributed by atoms with van der Waals surface area (Å²) < 4.78 is 32.4. The van der Waals surface area contributed by atoms with Crippen LogP contribution >= 0.6 is 0 Å². The number of para-hydroxylation sites is 1. The van der Waals surface area contributed by atoms with Crippen LogP contribution in [0, 0.1) is 25.2 Å². The quantitative estimate of drug-likeness (QED) is 0.613. The molecule has 3 rings (SSSR count). The molecule has 1 aromatic carbocycles. The number of nitriles is 1. The Balaban J connectivity index is 1.75. The van der Waals surface area contributed by atoms with Gasteiger partial charge in [-0.1, -0.05) is 25.0 Å². The lowest BCUT2D eigenvalue weighted by atomic mass is 10.2. The number of aromatic nitrogens is 1. The molecular formula is C22H26N4O5S. The van der Waals surface area contributed by atoms with Gasteiger partial charge in [0.05, 0.1) is 23.1 Å². The largest absolute Gasteiger partial charge is 0.452 e. The number of hydrogen-bond donors (Lipinski definition) is 2. The number of amides is 1. The second-order valence-electron chi connectivity index (χ2n) is 7.90. The summed E-state index contributed by atoms with van der Waals surface area (Å²) in [6.07, 6.45) is 5.10. The van der Waals surface area contributed by atoms with Crippen molar-refractivity contribution in [2.24, 2.45) is 0 Å². The molecule has 1 aliphatic carbocycles. The third kappa shape index (κ3) is 5.11. The highest BCUT2D eigenvalue weighted by molar-refractivity contribution is 7.92. The standard InChI is InChI=1S/C22H26N4O5S/c1-14-15(2)26(16-8-4-5-9-16)21(18(14)12-23)24-20(27)13-31-22(28)17-10-6-7-11-19(17)25-32(3,29)30/h6-7,10-11,16,25H,4-5,8-9,13H2,1-3H3,(H,24,27). The zero-order chi connectivity index (χ0) is 23.5. The summed E-state index contributed by atoms with van der Waals surface area (Å²) in [5.74, 6) is -0.999. The van der Waals surface area contributed by atoms with Gasteiger partial charge in [-0.15, -0.1) is 0 Å². The lowest BCUT2D eigenvalue weighted by Crippen LogP contribution is -2.24. The van der Waals surface area contributed by atoms with Gasteiger partial charge in [-0.2, -0.15) is 5.26 Å². The predicted octanol–water partition coefficient (Wildman–Crippen LogP) is 3.26. The van der Waals surface area contributed by atoms with Crippen LogP contribution in [0.1, 0.15) is 58.9 Å². The van der Waals surface area contributed by atoms with Gasteiger partial charge in [0, 0.05) is 11.7 Å². The van der Waals surface area contributed by atoms with Crippen LogP contribution in [0.25, 0.3) is 0 Å². The van der Waals surface area contributed by atoms with E-state index >= 15 is 0 Å². The molecule has 1 amide bonds. The molecule has 2 N–H and O–H groups in total. The molecule has 0 atom stereocenters. The number of carbonyl (C=O) groups is 2. The molecule has 0 radical (unpaired) electrons. The van der Waals surface area contributed by atoms with Crippen LogP contribution in [-0.4, -0.2) is 37.7 Å². The zero-order valence-electron chi connectivity index (χ0n) is 18.3. The van der Waals surface area contributed by atoms with Crippen LogP contribution < -0.4 is 10.0 Å². The SMILES string of the molecule is Cc1c(C#N)c(NC(=O)COC(=O)c2ccccc2NS(C)(=O)=O)n(C2CCCC2)c1C. The van der Waals surface area contributed by atoms with E-state index in [1.807, 2.05) is 18.4 Å². The lowest BCUT2D eigenvalue weighted by Gasteiger charge is -2.19. The monoisotopic (exact) mass is 458 g/mol. The first-order chi connectivity index (χ1) is 15.1. The van der Waals surface area contributed by atoms with Gasteiger partial charge in [0.1, 0.15) is 11.9 Å². The van der Waals surface area contributed by atoms with E-state index in [0.29, 0.717) is 11.4 Å². The molecule has 0 bridgehead atoms. The predicted molar refractivity (Wildman–Crippen MR) is 120 cm³/mol. The Morgan fingerprint density at radius 1 is 1.22 bits per heavy atom. The maximum atomic E-state index is 12.6. The number of benzene rings is 1. The maximum absolute atomic E-state index is 12.6. The van der Waals surface area contributed by atoms with E-state index in [1.54, 1.807) is 12.1 Å². The summed E-state index contributed by atoms with van der Waals surface area (Å²) in [5.41, 5.74) is 2.20. The number of hydrogen-bond acceptors (Lipinski definition) is 6. The minimum atomic E-state index is -3.60. The molecule has 10 heteroatoms. The van der Waals surface area contributed by atoms with Crippen LogP contribution in [0.5, 0.6) is 0 Å². The maximum Gasteiger partial charge on any atom is 0.340 e. The number of carbonyl (C=O) groups excluding carboxylic acids is 2. The molecule has 1 heterocycles. The fourth-order valence-electron chi connectivity index (χ4n) is 4.03. The van der Waals surface area contributed by atoms with Crippen LogP contribution in [0.2, 0.25) is 0 Å². The number of esters is 1. The van der Waals surface area contributed by atoms with E-state index in [2.05, 4.69) is 16.1 Å². The summed E-state index contributed by atoms with van der Waals surface area (Å²) in [4.78, 5) is 25.1. The zero-order valence-corrected chi connectivity index (χ0v) is 19.1. The van der Waals surface area contributed by atoms with Crippen molar-refractivity contribution in [1.82, 2.24) is 4.57 Å². The molecule has 1 aliphatic rings. The van der Waals surface area contributed by atoms with Crippen LogP contribution in [0.15, 0.2) is 24.3 Å². The Hall–Kier alpha value is -3.32. The highest BCUT2D eigenvalue weighted by atomic mass is 32.2. The van der Waals surface area contributed by atoms with Crippen molar-refractivity contribution in [1.29, 1.82) is 5.26 Å². The molecule has 9 nitrogen and oxygen atoms in total. The second-order valence-corrected chi connectivity index (χ2v) is 9.65. The Morgan fingerprint density at radius 2 is 1.88 bits per heavy atom. The number of nitrogens with zero attached hydrogens (tertiary/aromatic N) is 2. The molecule has 1 fully saturated rings. The Kier molecular flexibility index (Phi) is 6.89. The van der Waals surface area contributed by atoms with Gasteiger partial charge in [0.2, 0.25) is 10.0 Å². The first-order valence-corrected chi connectivity index (χ1v) is 12.2. The van der Waals surface area contributed by atoms with Crippen molar-refractivity contribution in [2.45, 2.75) is 45.6 Å². The van der Waals surface area contributed by atoms with Gasteiger partial charge in [-0.25, -0.2) is 13.2 Å². The summed E-state index contributed by atoms with van der Waals surface area (Å²) in [6.45, 7) is 3.20. The van der Waals surface area contributed by atoms with Crippen molar-refractivity contribution in [3.8, 4) is 6.07 Å². The van der Waals surface area contributed by atoms with Gasteiger partial charge >= 0.3 is 5.97 Å². The molecule has 0 saturated heterocycles. The third-order valence-corrected chi connectivity index (χ3v) is 6.18. The van der Waals surface area contributed by atoms with Gasteiger partial charge in [-0.3, -0.25) is 9.52 Å². The molecule has 1 aromatic heterocycles. The minimum Gasteiger partial charge on any atom is -0.452 e. The molecule has 1 saturated carbocycles. The minimum absolute atomic E-state index is 0.00976. The van der Waals surface area contributed by atoms with Crippen molar-refractivity contribution in [3.63, 3.8) is 0 Å². The number of anilines is 2. The fourth-order valence-corrected chi connectivity index (χ4v) is 4.61.